The second-order valence-corrected chi connectivity index (χ2v) is 4.92. The lowest BCUT2D eigenvalue weighted by molar-refractivity contribution is -0.141. The van der Waals surface area contributed by atoms with Crippen LogP contribution in [0.1, 0.15) is 11.7 Å². The van der Waals surface area contributed by atoms with Crippen LogP contribution in [0.3, 0.4) is 0 Å². The number of guanidine groups is 1. The van der Waals surface area contributed by atoms with Gasteiger partial charge in [0.15, 0.2) is 5.69 Å². The number of aromatic nitrogens is 3. The second-order valence-electron chi connectivity index (χ2n) is 4.92. The van der Waals surface area contributed by atoms with E-state index in [1.165, 1.54) is 17.1 Å². The molecule has 124 valence electrons. The number of pyridine rings is 1. The van der Waals surface area contributed by atoms with E-state index in [-0.39, 0.29) is 0 Å². The van der Waals surface area contributed by atoms with E-state index in [9.17, 15) is 13.2 Å². The fraction of sp³-hybridized carbons (Fsp3) is 0.200. The van der Waals surface area contributed by atoms with Crippen LogP contribution < -0.4 is 5.32 Å². The van der Waals surface area contributed by atoms with Crippen molar-refractivity contribution < 1.29 is 13.2 Å². The molecule has 2 aromatic rings. The number of halogens is 3. The maximum Gasteiger partial charge on any atom is 0.435 e. The Morgan fingerprint density at radius 3 is 2.83 bits per heavy atom. The van der Waals surface area contributed by atoms with Crippen LogP contribution >= 0.6 is 0 Å². The molecule has 1 atom stereocenters. The number of rotatable bonds is 2. The van der Waals surface area contributed by atoms with Crippen molar-refractivity contribution in [3.05, 3.63) is 48.6 Å². The van der Waals surface area contributed by atoms with Crippen LogP contribution in [0.25, 0.3) is 11.3 Å². The molecule has 1 N–H and O–H groups in total. The average molecular weight is 334 g/mol. The Labute approximate surface area is 135 Å². The van der Waals surface area contributed by atoms with Crippen molar-refractivity contribution >= 4 is 12.2 Å². The third-order valence-electron chi connectivity index (χ3n) is 3.33. The number of alkyl halides is 3. The minimum absolute atomic E-state index is 0.299. The van der Waals surface area contributed by atoms with E-state index >= 15 is 0 Å². The Bertz CT molecular complexity index is 804. The van der Waals surface area contributed by atoms with Gasteiger partial charge in [0, 0.05) is 37.4 Å². The van der Waals surface area contributed by atoms with Gasteiger partial charge in [0.1, 0.15) is 6.04 Å². The van der Waals surface area contributed by atoms with Gasteiger partial charge in [0.25, 0.3) is 0 Å². The highest BCUT2D eigenvalue weighted by atomic mass is 19.4. The zero-order chi connectivity index (χ0) is 17.2. The Morgan fingerprint density at radius 1 is 1.33 bits per heavy atom. The molecule has 24 heavy (non-hydrogen) atoms. The summed E-state index contributed by atoms with van der Waals surface area (Å²) in [6.07, 6.45) is 3.20. The molecule has 0 aliphatic carbocycles. The largest absolute Gasteiger partial charge is 0.435 e. The lowest BCUT2D eigenvalue weighted by atomic mass is 10.2. The van der Waals surface area contributed by atoms with Crippen molar-refractivity contribution in [2.45, 2.75) is 12.2 Å². The predicted octanol–water partition coefficient (Wildman–Crippen LogP) is 2.68. The van der Waals surface area contributed by atoms with Gasteiger partial charge in [-0.1, -0.05) is 0 Å². The third kappa shape index (κ3) is 3.19. The molecule has 0 radical (unpaired) electrons. The van der Waals surface area contributed by atoms with Crippen LogP contribution in [0.5, 0.6) is 0 Å². The molecule has 0 saturated carbocycles. The summed E-state index contributed by atoms with van der Waals surface area (Å²) in [4.78, 5) is 12.0. The first kappa shape index (κ1) is 15.9. The molecule has 0 amide bonds. The SMILES string of the molecule is CN=C1N=CC(n2nc(C(F)(F)F)cc2-c2cccnc2)C=CN1. The summed E-state index contributed by atoms with van der Waals surface area (Å²) in [5.41, 5.74) is -0.137. The number of aliphatic imine (C=N–C) groups is 2. The molecule has 1 aliphatic heterocycles. The summed E-state index contributed by atoms with van der Waals surface area (Å²) in [7, 11) is 1.56. The van der Waals surface area contributed by atoms with Gasteiger partial charge in [0.05, 0.1) is 5.69 Å². The first-order chi connectivity index (χ1) is 11.5. The van der Waals surface area contributed by atoms with Crippen LogP contribution in [0.4, 0.5) is 13.2 Å². The normalized spacial score (nSPS) is 19.3. The molecule has 0 aromatic carbocycles. The summed E-state index contributed by atoms with van der Waals surface area (Å²) < 4.78 is 40.5. The van der Waals surface area contributed by atoms with Gasteiger partial charge in [-0.25, -0.2) is 4.99 Å². The van der Waals surface area contributed by atoms with Crippen molar-refractivity contribution in [2.24, 2.45) is 9.98 Å². The average Bonchev–Trinajstić information content (AvgIpc) is 2.89. The van der Waals surface area contributed by atoms with Crippen molar-refractivity contribution in [3.63, 3.8) is 0 Å². The first-order valence-electron chi connectivity index (χ1n) is 7.00. The second kappa shape index (κ2) is 6.26. The Morgan fingerprint density at radius 2 is 2.17 bits per heavy atom. The Balaban J connectivity index is 2.11. The molecular weight excluding hydrogens is 321 g/mol. The Hall–Kier alpha value is -2.97. The van der Waals surface area contributed by atoms with E-state index in [4.69, 9.17) is 0 Å². The van der Waals surface area contributed by atoms with Gasteiger partial charge in [-0.2, -0.15) is 18.3 Å². The monoisotopic (exact) mass is 334 g/mol. The predicted molar refractivity (Wildman–Crippen MR) is 83.6 cm³/mol. The molecule has 3 heterocycles. The van der Waals surface area contributed by atoms with Crippen molar-refractivity contribution in [3.8, 4) is 11.3 Å². The zero-order valence-electron chi connectivity index (χ0n) is 12.6. The summed E-state index contributed by atoms with van der Waals surface area (Å²) in [6.45, 7) is 0. The van der Waals surface area contributed by atoms with E-state index in [1.807, 2.05) is 0 Å². The van der Waals surface area contributed by atoms with Gasteiger partial charge < -0.3 is 5.32 Å². The third-order valence-corrected chi connectivity index (χ3v) is 3.33. The number of nitrogens with zero attached hydrogens (tertiary/aromatic N) is 5. The van der Waals surface area contributed by atoms with Gasteiger partial charge in [-0.3, -0.25) is 14.7 Å². The molecule has 0 fully saturated rings. The van der Waals surface area contributed by atoms with E-state index in [2.05, 4.69) is 25.4 Å². The quantitative estimate of drug-likeness (QED) is 0.918. The van der Waals surface area contributed by atoms with Crippen molar-refractivity contribution in [2.75, 3.05) is 7.05 Å². The lowest BCUT2D eigenvalue weighted by Gasteiger charge is -2.11. The van der Waals surface area contributed by atoms with Gasteiger partial charge >= 0.3 is 6.18 Å². The van der Waals surface area contributed by atoms with Crippen LogP contribution in [0, 0.1) is 0 Å². The van der Waals surface area contributed by atoms with E-state index < -0.39 is 17.9 Å². The first-order valence-corrected chi connectivity index (χ1v) is 7.00. The fourth-order valence-corrected chi connectivity index (χ4v) is 2.21. The van der Waals surface area contributed by atoms with Gasteiger partial charge in [-0.15, -0.1) is 0 Å². The van der Waals surface area contributed by atoms with Crippen molar-refractivity contribution in [1.29, 1.82) is 0 Å². The minimum atomic E-state index is -4.54. The highest BCUT2D eigenvalue weighted by Crippen LogP contribution is 2.33. The summed E-state index contributed by atoms with van der Waals surface area (Å²) in [5.74, 6) is 0.361. The maximum atomic E-state index is 13.1. The molecular formula is C15H13F3N6. The lowest BCUT2D eigenvalue weighted by Crippen LogP contribution is -2.13. The van der Waals surface area contributed by atoms with Gasteiger partial charge in [-0.05, 0) is 24.3 Å². The highest BCUT2D eigenvalue weighted by Gasteiger charge is 2.35. The maximum absolute atomic E-state index is 13.1. The molecule has 0 spiro atoms. The standard InChI is InChI=1S/C15H13F3N6/c1-19-14-21-6-4-11(9-22-14)24-12(10-3-2-5-20-8-10)7-13(23-24)15(16,17)18/h2-9,11H,1H3,(H,19,21). The molecule has 6 nitrogen and oxygen atoms in total. The smallest absolute Gasteiger partial charge is 0.331 e. The number of nitrogens with one attached hydrogen (secondary N) is 1. The summed E-state index contributed by atoms with van der Waals surface area (Å²) in [5, 5.41) is 6.55. The topological polar surface area (TPSA) is 67.5 Å². The van der Waals surface area contributed by atoms with E-state index in [0.717, 1.165) is 6.07 Å². The minimum Gasteiger partial charge on any atom is -0.331 e. The molecule has 2 aromatic heterocycles. The zero-order valence-corrected chi connectivity index (χ0v) is 12.6. The van der Waals surface area contributed by atoms with Crippen LogP contribution in [0.15, 0.2) is 52.9 Å². The number of hydrogen-bond acceptors (Lipinski definition) is 3. The number of allylic oxidation sites excluding steroid dienone is 1. The highest BCUT2D eigenvalue weighted by molar-refractivity contribution is 5.90. The van der Waals surface area contributed by atoms with Crippen LogP contribution in [0.2, 0.25) is 0 Å². The number of hydrogen-bond donors (Lipinski definition) is 1. The molecule has 3 rings (SSSR count). The fourth-order valence-electron chi connectivity index (χ4n) is 2.21. The molecule has 9 heteroatoms. The summed E-state index contributed by atoms with van der Waals surface area (Å²) >= 11 is 0. The van der Waals surface area contributed by atoms with Crippen LogP contribution in [-0.4, -0.2) is 34.0 Å². The van der Waals surface area contributed by atoms with E-state index in [0.29, 0.717) is 17.2 Å². The van der Waals surface area contributed by atoms with E-state index in [1.54, 1.807) is 37.7 Å². The molecule has 1 unspecified atom stereocenters. The van der Waals surface area contributed by atoms with Gasteiger partial charge in [0.2, 0.25) is 5.96 Å². The molecule has 0 saturated heterocycles. The summed E-state index contributed by atoms with van der Waals surface area (Å²) in [6, 6.07) is 3.74. The Kier molecular flexibility index (Phi) is 4.15. The van der Waals surface area contributed by atoms with Crippen molar-refractivity contribution in [1.82, 2.24) is 20.1 Å². The molecule has 0 bridgehead atoms. The van der Waals surface area contributed by atoms with Crippen LogP contribution in [-0.2, 0) is 6.18 Å². The molecule has 1 aliphatic rings.